The number of hydrogen-bond donors (Lipinski definition) is 3. The molecule has 4 N–H and O–H groups in total. The lowest BCUT2D eigenvalue weighted by Crippen LogP contribution is -2.28. The van der Waals surface area contributed by atoms with Crippen LogP contribution >= 0.6 is 0 Å². The summed E-state index contributed by atoms with van der Waals surface area (Å²) in [5, 5.41) is 8.98. The molecule has 1 heterocycles. The summed E-state index contributed by atoms with van der Waals surface area (Å²) in [4.78, 5) is 0. The Hall–Kier alpha value is -7.14. The molecule has 4 heteroatoms. The highest BCUT2D eigenvalue weighted by Gasteiger charge is 2.21. The van der Waals surface area contributed by atoms with E-state index in [1.54, 1.807) is 0 Å². The predicted molar refractivity (Wildman–Crippen MR) is 302 cm³/mol. The van der Waals surface area contributed by atoms with Gasteiger partial charge in [-0.25, -0.2) is 0 Å². The average Bonchev–Trinajstić information content (AvgIpc) is 4.02. The molecule has 0 bridgehead atoms. The minimum absolute atomic E-state index is 0.151. The number of nitrogens with two attached hydrogens (primary N) is 1. The Morgan fingerprint density at radius 3 is 1.84 bits per heavy atom. The first kappa shape index (κ1) is 51.8. The fraction of sp³-hybridized carbons (Fsp3) is 0.219. The van der Waals surface area contributed by atoms with E-state index in [1.165, 1.54) is 66.8 Å². The van der Waals surface area contributed by atoms with Crippen molar-refractivity contribution in [2.45, 2.75) is 88.6 Å². The molecule has 9 rings (SSSR count). The largest absolute Gasteiger partial charge is 0.398 e. The molecule has 4 nitrogen and oxygen atoms in total. The zero-order chi connectivity index (χ0) is 49.0. The smallest absolute Gasteiger partial charge is 0.0660 e. The van der Waals surface area contributed by atoms with Gasteiger partial charge in [-0.1, -0.05) is 207 Å². The zero-order valence-corrected chi connectivity index (χ0v) is 42.5. The number of hydrogen-bond acceptors (Lipinski definition) is 3. The highest BCUT2D eigenvalue weighted by molar-refractivity contribution is 5.97. The van der Waals surface area contributed by atoms with Gasteiger partial charge in [0.15, 0.2) is 0 Å². The highest BCUT2D eigenvalue weighted by Crippen LogP contribution is 2.39. The normalized spacial score (nSPS) is 11.9. The van der Waals surface area contributed by atoms with E-state index in [2.05, 4.69) is 218 Å². The Kier molecular flexibility index (Phi) is 20.0. The van der Waals surface area contributed by atoms with Crippen molar-refractivity contribution in [3.8, 4) is 39.1 Å². The van der Waals surface area contributed by atoms with Crippen LogP contribution in [0.2, 0.25) is 0 Å². The molecule has 0 fully saturated rings. The summed E-state index contributed by atoms with van der Waals surface area (Å²) >= 11 is 0. The molecule has 0 amide bonds. The van der Waals surface area contributed by atoms with E-state index in [4.69, 9.17) is 5.73 Å². The third-order valence-corrected chi connectivity index (χ3v) is 11.9. The predicted octanol–water partition coefficient (Wildman–Crippen LogP) is 18.0. The van der Waals surface area contributed by atoms with Crippen molar-refractivity contribution in [2.75, 3.05) is 17.7 Å². The molecular formula is C64H74N4. The van der Waals surface area contributed by atoms with Gasteiger partial charge in [0.1, 0.15) is 0 Å². The fourth-order valence-electron chi connectivity index (χ4n) is 8.69. The van der Waals surface area contributed by atoms with Crippen molar-refractivity contribution in [3.05, 3.63) is 222 Å². The Bertz CT molecular complexity index is 2900. The van der Waals surface area contributed by atoms with Crippen molar-refractivity contribution >= 4 is 33.9 Å². The maximum Gasteiger partial charge on any atom is 0.0660 e. The Morgan fingerprint density at radius 2 is 1.16 bits per heavy atom. The molecule has 1 aromatic heterocycles. The molecule has 1 unspecified atom stereocenters. The number of rotatable bonds is 12. The molecule has 0 aliphatic heterocycles. The number of aromatic nitrogens is 1. The summed E-state index contributed by atoms with van der Waals surface area (Å²) < 4.78 is 2.42. The highest BCUT2D eigenvalue weighted by atomic mass is 15.1. The summed E-state index contributed by atoms with van der Waals surface area (Å²) in [6.07, 6.45) is 9.78. The number of nitrogen functional groups attached to an aromatic ring is 1. The van der Waals surface area contributed by atoms with Crippen LogP contribution in [0.5, 0.6) is 0 Å². The third-order valence-electron chi connectivity index (χ3n) is 11.9. The molecule has 1 atom stereocenters. The maximum atomic E-state index is 6.70. The molecule has 0 radical (unpaired) electrons. The first-order valence-electron chi connectivity index (χ1n) is 24.9. The molecule has 1 aliphatic carbocycles. The van der Waals surface area contributed by atoms with Crippen LogP contribution in [0.1, 0.15) is 110 Å². The van der Waals surface area contributed by atoms with Gasteiger partial charge in [0.05, 0.1) is 18.2 Å². The van der Waals surface area contributed by atoms with Crippen molar-refractivity contribution in [1.29, 1.82) is 0 Å². The summed E-state index contributed by atoms with van der Waals surface area (Å²) in [7, 11) is 0. The molecule has 0 saturated heterocycles. The fourth-order valence-corrected chi connectivity index (χ4v) is 8.69. The molecule has 1 aliphatic rings. The van der Waals surface area contributed by atoms with Gasteiger partial charge in [0.25, 0.3) is 0 Å². The van der Waals surface area contributed by atoms with E-state index in [1.807, 2.05) is 67.5 Å². The Morgan fingerprint density at radius 1 is 0.603 bits per heavy atom. The van der Waals surface area contributed by atoms with E-state index in [0.717, 1.165) is 40.0 Å². The van der Waals surface area contributed by atoms with Crippen LogP contribution in [0.3, 0.4) is 0 Å². The average molecular weight is 899 g/mol. The number of para-hydroxylation sites is 2. The van der Waals surface area contributed by atoms with Gasteiger partial charge in [-0.2, -0.15) is 0 Å². The first-order valence-corrected chi connectivity index (χ1v) is 24.9. The standard InChI is InChI=1S/C56H50N4.4C2H6/c1-4-15-38(2)39(3)48-32-30-45(44-31-33-55-51(35-44)49-23-14-25-54(49)60(55)47-20-9-6-10-21-47)36-53(48)58-37-59-56(50-22-11-12-24-52(50)57)46-19-13-18-43(34-46)42-28-26-41(27-29-42)40-16-7-5-8-17-40;4*1-2/h4-24,26-36,56,58-59H,25,37,57H2,1-3H3;4*1-2H3/b15-4-,39-38+;;;;. The van der Waals surface area contributed by atoms with Crippen LogP contribution in [-0.2, 0) is 6.42 Å². The third kappa shape index (κ3) is 11.9. The number of anilines is 2. The van der Waals surface area contributed by atoms with Gasteiger partial charge < -0.3 is 15.6 Å². The van der Waals surface area contributed by atoms with Gasteiger partial charge in [-0.15, -0.1) is 0 Å². The molecule has 0 saturated carbocycles. The van der Waals surface area contributed by atoms with Crippen molar-refractivity contribution in [2.24, 2.45) is 0 Å². The summed E-state index contributed by atoms with van der Waals surface area (Å²) in [5.74, 6) is 0. The van der Waals surface area contributed by atoms with Crippen LogP contribution in [0.15, 0.2) is 194 Å². The second kappa shape index (κ2) is 26.3. The number of nitrogens with one attached hydrogen (secondary N) is 2. The maximum absolute atomic E-state index is 6.70. The molecule has 350 valence electrons. The molecular weight excluding hydrogens is 825 g/mol. The quantitative estimate of drug-likeness (QED) is 0.0650. The van der Waals surface area contributed by atoms with E-state index in [0.29, 0.717) is 6.67 Å². The monoisotopic (exact) mass is 899 g/mol. The lowest BCUT2D eigenvalue weighted by molar-refractivity contribution is 0.638. The number of nitrogens with zero attached hydrogens (tertiary/aromatic N) is 1. The van der Waals surface area contributed by atoms with E-state index in [-0.39, 0.29) is 6.04 Å². The minimum Gasteiger partial charge on any atom is -0.398 e. The Balaban J connectivity index is 0.00000103. The first-order chi connectivity index (χ1) is 33.5. The lowest BCUT2D eigenvalue weighted by Gasteiger charge is -2.24. The lowest BCUT2D eigenvalue weighted by atomic mass is 9.93. The molecule has 68 heavy (non-hydrogen) atoms. The van der Waals surface area contributed by atoms with Crippen LogP contribution < -0.4 is 16.4 Å². The Labute approximate surface area is 409 Å². The summed E-state index contributed by atoms with van der Waals surface area (Å²) in [5.41, 5.74) is 26.6. The molecule has 7 aromatic carbocycles. The van der Waals surface area contributed by atoms with Gasteiger partial charge in [-0.05, 0) is 119 Å². The second-order valence-corrected chi connectivity index (χ2v) is 15.6. The van der Waals surface area contributed by atoms with Crippen molar-refractivity contribution in [1.82, 2.24) is 9.88 Å². The number of benzene rings is 7. The molecule has 8 aromatic rings. The SMILES string of the molecule is C/C=C\C(C)=C(/C)c1ccc(-c2ccc3c(c2)c2c(n3-c3ccccc3)CC=C2)cc1NCNC(c1cccc(-c2ccc(-c3ccccc3)cc2)c1)c1ccccc1N.CC.CC.CC.CC. The van der Waals surface area contributed by atoms with Gasteiger partial charge in [0.2, 0.25) is 0 Å². The molecule has 0 spiro atoms. The van der Waals surface area contributed by atoms with Crippen molar-refractivity contribution in [3.63, 3.8) is 0 Å². The van der Waals surface area contributed by atoms with E-state index < -0.39 is 0 Å². The van der Waals surface area contributed by atoms with Gasteiger partial charge >= 0.3 is 0 Å². The van der Waals surface area contributed by atoms with Crippen LogP contribution in [0.4, 0.5) is 11.4 Å². The summed E-state index contributed by atoms with van der Waals surface area (Å²) in [6.45, 7) is 23.0. The second-order valence-electron chi connectivity index (χ2n) is 15.6. The minimum atomic E-state index is -0.151. The topological polar surface area (TPSA) is 55.0 Å². The van der Waals surface area contributed by atoms with E-state index >= 15 is 0 Å². The number of fused-ring (bicyclic) bond motifs is 3. The summed E-state index contributed by atoms with van der Waals surface area (Å²) in [6, 6.07) is 60.6. The van der Waals surface area contributed by atoms with Crippen LogP contribution in [0, 0.1) is 0 Å². The zero-order valence-electron chi connectivity index (χ0n) is 42.5. The van der Waals surface area contributed by atoms with E-state index in [9.17, 15) is 0 Å². The van der Waals surface area contributed by atoms with Gasteiger partial charge in [-0.3, -0.25) is 5.32 Å². The van der Waals surface area contributed by atoms with Crippen LogP contribution in [0.25, 0.3) is 61.6 Å². The van der Waals surface area contributed by atoms with Gasteiger partial charge in [0, 0.05) is 45.7 Å². The van der Waals surface area contributed by atoms with Crippen LogP contribution in [-0.4, -0.2) is 11.2 Å². The van der Waals surface area contributed by atoms with Crippen molar-refractivity contribution < 1.29 is 0 Å². The number of allylic oxidation sites excluding steroid dienone is 5.